The number of hydrogen-bond donors (Lipinski definition) is 1. The van der Waals surface area contributed by atoms with Crippen molar-refractivity contribution >= 4 is 46.9 Å². The molecule has 4 amide bonds. The molecule has 1 fully saturated rings. The average Bonchev–Trinajstić information content (AvgIpc) is 2.86. The molecule has 0 unspecified atom stereocenters. The van der Waals surface area contributed by atoms with Crippen LogP contribution in [0.4, 0.5) is 20.6 Å². The van der Waals surface area contributed by atoms with Crippen LogP contribution in [0.3, 0.4) is 0 Å². The van der Waals surface area contributed by atoms with Gasteiger partial charge in [0.1, 0.15) is 18.0 Å². The Bertz CT molecular complexity index is 1490. The molecule has 10 nitrogen and oxygen atoms in total. The van der Waals surface area contributed by atoms with Crippen molar-refractivity contribution in [3.8, 4) is 11.5 Å². The molecule has 1 N–H and O–H groups in total. The lowest BCUT2D eigenvalue weighted by Crippen LogP contribution is -2.54. The number of nitrogens with one attached hydrogen (secondary N) is 1. The summed E-state index contributed by atoms with van der Waals surface area (Å²) >= 11 is 6.43. The zero-order chi connectivity index (χ0) is 27.4. The average molecular weight is 540 g/mol. The molecule has 0 aliphatic carbocycles. The van der Waals surface area contributed by atoms with Crippen LogP contribution < -0.4 is 19.7 Å². The lowest BCUT2D eigenvalue weighted by atomic mass is 10.1. The summed E-state index contributed by atoms with van der Waals surface area (Å²) < 4.78 is 24.9. The van der Waals surface area contributed by atoms with Crippen molar-refractivity contribution < 1.29 is 33.2 Å². The van der Waals surface area contributed by atoms with Crippen LogP contribution >= 0.6 is 11.6 Å². The van der Waals surface area contributed by atoms with Crippen LogP contribution in [0.5, 0.6) is 11.5 Å². The van der Waals surface area contributed by atoms with Crippen LogP contribution in [0.2, 0.25) is 5.02 Å². The summed E-state index contributed by atoms with van der Waals surface area (Å²) in [7, 11) is 0. The molecular weight excluding hydrogens is 521 g/mol. The first-order valence-electron chi connectivity index (χ1n) is 11.2. The molecule has 1 aliphatic heterocycles. The number of ether oxygens (including phenoxy) is 2. The van der Waals surface area contributed by atoms with Crippen LogP contribution in [0.15, 0.2) is 66.2 Å². The number of nitrogens with zero attached hydrogens (tertiary/aromatic N) is 2. The summed E-state index contributed by atoms with van der Waals surface area (Å²) in [4.78, 5) is 49.2. The third-order valence-corrected chi connectivity index (χ3v) is 5.60. The fourth-order valence-corrected chi connectivity index (χ4v) is 3.93. The van der Waals surface area contributed by atoms with Gasteiger partial charge in [-0.25, -0.2) is 14.1 Å². The second-order valence-electron chi connectivity index (χ2n) is 7.92. The molecule has 0 aromatic heterocycles. The Balaban J connectivity index is 1.67. The van der Waals surface area contributed by atoms with Gasteiger partial charge in [0.2, 0.25) is 0 Å². The normalized spacial score (nSPS) is 14.4. The van der Waals surface area contributed by atoms with Gasteiger partial charge >= 0.3 is 6.03 Å². The van der Waals surface area contributed by atoms with Crippen LogP contribution in [0, 0.1) is 15.9 Å². The fraction of sp³-hybridized carbons (Fsp3) is 0.115. The van der Waals surface area contributed by atoms with Gasteiger partial charge in [0, 0.05) is 12.1 Å². The number of anilines is 1. The highest BCUT2D eigenvalue weighted by atomic mass is 35.5. The first-order chi connectivity index (χ1) is 18.2. The first-order valence-corrected chi connectivity index (χ1v) is 11.5. The zero-order valence-corrected chi connectivity index (χ0v) is 20.5. The van der Waals surface area contributed by atoms with Gasteiger partial charge in [-0.3, -0.25) is 25.0 Å². The van der Waals surface area contributed by atoms with Gasteiger partial charge in [-0.15, -0.1) is 0 Å². The number of barbiturate groups is 1. The van der Waals surface area contributed by atoms with E-state index in [2.05, 4.69) is 5.32 Å². The Morgan fingerprint density at radius 2 is 1.84 bits per heavy atom. The number of urea groups is 1. The van der Waals surface area contributed by atoms with Crippen molar-refractivity contribution in [1.29, 1.82) is 0 Å². The highest BCUT2D eigenvalue weighted by Crippen LogP contribution is 2.38. The topological polar surface area (TPSA) is 128 Å². The summed E-state index contributed by atoms with van der Waals surface area (Å²) in [6, 6.07) is 12.6. The maximum atomic E-state index is 13.5. The molecule has 0 atom stereocenters. The molecular formula is C26H19ClFN3O7. The molecule has 1 heterocycles. The van der Waals surface area contributed by atoms with E-state index in [1.54, 1.807) is 19.1 Å². The summed E-state index contributed by atoms with van der Waals surface area (Å²) in [6.07, 6.45) is 1.21. The Kier molecular flexibility index (Phi) is 7.68. The minimum Gasteiger partial charge on any atom is -0.490 e. The number of carbonyl (C=O) groups is 3. The van der Waals surface area contributed by atoms with Gasteiger partial charge in [0.05, 0.1) is 22.2 Å². The van der Waals surface area contributed by atoms with E-state index in [-0.39, 0.29) is 46.7 Å². The van der Waals surface area contributed by atoms with Crippen molar-refractivity contribution in [3.63, 3.8) is 0 Å². The molecule has 12 heteroatoms. The van der Waals surface area contributed by atoms with E-state index < -0.39 is 34.2 Å². The second-order valence-corrected chi connectivity index (χ2v) is 8.32. The number of imide groups is 2. The first kappa shape index (κ1) is 26.3. The number of benzene rings is 3. The minimum absolute atomic E-state index is 0.000827. The SMILES string of the molecule is CCOc1cc(/C=C2\C(=O)NC(=O)N(c3cccc([N+](=O)[O-])c3)C2=O)cc(Cl)c1OCc1cccc(F)c1. The Morgan fingerprint density at radius 1 is 1.08 bits per heavy atom. The standard InChI is InChI=1S/C26H19ClFN3O7/c1-2-37-22-12-16(11-21(27)23(22)38-14-15-5-3-6-17(28)9-15)10-20-24(32)29-26(34)30(25(20)33)18-7-4-8-19(13-18)31(35)36/h3-13H,2,14H2,1H3,(H,29,32,34)/b20-10+. The molecule has 0 bridgehead atoms. The molecule has 0 saturated carbocycles. The van der Waals surface area contributed by atoms with Crippen LogP contribution in [-0.4, -0.2) is 29.4 Å². The van der Waals surface area contributed by atoms with E-state index in [0.717, 1.165) is 6.07 Å². The van der Waals surface area contributed by atoms with Crippen molar-refractivity contribution in [2.45, 2.75) is 13.5 Å². The molecule has 0 spiro atoms. The van der Waals surface area contributed by atoms with Gasteiger partial charge in [-0.05, 0) is 54.5 Å². The number of carbonyl (C=O) groups excluding carboxylic acids is 3. The number of halogens is 2. The Morgan fingerprint density at radius 3 is 2.55 bits per heavy atom. The number of amides is 4. The predicted octanol–water partition coefficient (Wildman–Crippen LogP) is 5.03. The van der Waals surface area contributed by atoms with Crippen LogP contribution in [0.25, 0.3) is 6.08 Å². The van der Waals surface area contributed by atoms with Crippen molar-refractivity contribution in [2.75, 3.05) is 11.5 Å². The molecule has 38 heavy (non-hydrogen) atoms. The van der Waals surface area contributed by atoms with E-state index in [4.69, 9.17) is 21.1 Å². The smallest absolute Gasteiger partial charge is 0.335 e. The number of non-ortho nitro benzene ring substituents is 1. The van der Waals surface area contributed by atoms with Gasteiger partial charge in [-0.1, -0.05) is 29.8 Å². The number of nitro benzene ring substituents is 1. The van der Waals surface area contributed by atoms with Crippen LogP contribution in [-0.2, 0) is 16.2 Å². The molecule has 1 saturated heterocycles. The lowest BCUT2D eigenvalue weighted by Gasteiger charge is -2.26. The molecule has 4 rings (SSSR count). The number of rotatable bonds is 8. The molecule has 3 aromatic carbocycles. The van der Waals surface area contributed by atoms with Crippen molar-refractivity contribution in [3.05, 3.63) is 98.3 Å². The van der Waals surface area contributed by atoms with Gasteiger partial charge in [0.15, 0.2) is 11.5 Å². The van der Waals surface area contributed by atoms with Crippen molar-refractivity contribution in [1.82, 2.24) is 5.32 Å². The Hall–Kier alpha value is -4.77. The Labute approximate surface area is 220 Å². The van der Waals surface area contributed by atoms with Gasteiger partial charge < -0.3 is 9.47 Å². The van der Waals surface area contributed by atoms with Gasteiger partial charge in [0.25, 0.3) is 17.5 Å². The van der Waals surface area contributed by atoms with E-state index in [1.807, 2.05) is 0 Å². The summed E-state index contributed by atoms with van der Waals surface area (Å²) in [5.41, 5.74) is -0.00160. The van der Waals surface area contributed by atoms with E-state index >= 15 is 0 Å². The lowest BCUT2D eigenvalue weighted by molar-refractivity contribution is -0.384. The minimum atomic E-state index is -1.05. The fourth-order valence-electron chi connectivity index (χ4n) is 3.66. The van der Waals surface area contributed by atoms with Crippen LogP contribution in [0.1, 0.15) is 18.1 Å². The summed E-state index contributed by atoms with van der Waals surface area (Å²) in [5.74, 6) is -1.98. The monoisotopic (exact) mass is 539 g/mol. The molecule has 0 radical (unpaired) electrons. The molecule has 194 valence electrons. The predicted molar refractivity (Wildman–Crippen MR) is 135 cm³/mol. The van der Waals surface area contributed by atoms with E-state index in [0.29, 0.717) is 10.5 Å². The highest BCUT2D eigenvalue weighted by Gasteiger charge is 2.37. The third kappa shape index (κ3) is 5.62. The number of nitro groups is 1. The zero-order valence-electron chi connectivity index (χ0n) is 19.8. The van der Waals surface area contributed by atoms with Crippen molar-refractivity contribution in [2.24, 2.45) is 0 Å². The second kappa shape index (κ2) is 11.1. The third-order valence-electron chi connectivity index (χ3n) is 5.32. The highest BCUT2D eigenvalue weighted by molar-refractivity contribution is 6.39. The molecule has 3 aromatic rings. The van der Waals surface area contributed by atoms with E-state index in [9.17, 15) is 28.9 Å². The van der Waals surface area contributed by atoms with E-state index in [1.165, 1.54) is 48.5 Å². The summed E-state index contributed by atoms with van der Waals surface area (Å²) in [6.45, 7) is 1.97. The molecule has 1 aliphatic rings. The largest absolute Gasteiger partial charge is 0.490 e. The maximum absolute atomic E-state index is 13.5. The quantitative estimate of drug-likeness (QED) is 0.184. The van der Waals surface area contributed by atoms with Gasteiger partial charge in [-0.2, -0.15) is 0 Å². The maximum Gasteiger partial charge on any atom is 0.335 e. The number of hydrogen-bond acceptors (Lipinski definition) is 7. The summed E-state index contributed by atoms with van der Waals surface area (Å²) in [5, 5.41) is 13.3.